The zero-order valence-corrected chi connectivity index (χ0v) is 18.6. The lowest BCUT2D eigenvalue weighted by Gasteiger charge is -2.24. The fourth-order valence-corrected chi connectivity index (χ4v) is 4.19. The zero-order chi connectivity index (χ0) is 23.1. The van der Waals surface area contributed by atoms with Gasteiger partial charge in [-0.3, -0.25) is 14.5 Å². The third-order valence-electron chi connectivity index (χ3n) is 5.35. The number of hydrogen-bond donors (Lipinski definition) is 0. The van der Waals surface area contributed by atoms with Crippen molar-refractivity contribution < 1.29 is 13.9 Å². The van der Waals surface area contributed by atoms with E-state index in [2.05, 4.69) is 11.6 Å². The van der Waals surface area contributed by atoms with Crippen LogP contribution in [-0.2, 0) is 0 Å². The number of rotatable bonds is 5. The fourth-order valence-electron chi connectivity index (χ4n) is 3.91. The van der Waals surface area contributed by atoms with E-state index in [4.69, 9.17) is 32.4 Å². The van der Waals surface area contributed by atoms with E-state index < -0.39 is 11.9 Å². The lowest BCUT2D eigenvalue weighted by Crippen LogP contribution is -2.30. The Bertz CT molecular complexity index is 1450. The summed E-state index contributed by atoms with van der Waals surface area (Å²) in [4.78, 5) is 32.8. The standard InChI is InChI=1S/C25H16Cl2N2O4/c1-2-11-32-17-7-3-14(4-8-17)22-21-23(30)18-12-15(26)5-9-19(18)33-24(21)25(31)29(22)20-10-6-16(27)13-28-20/h2-10,12-13,22H,1,11H2. The van der Waals surface area contributed by atoms with Crippen molar-refractivity contribution in [1.29, 1.82) is 0 Å². The second-order valence-electron chi connectivity index (χ2n) is 7.40. The lowest BCUT2D eigenvalue weighted by atomic mass is 9.98. The van der Waals surface area contributed by atoms with Crippen molar-refractivity contribution >= 4 is 45.9 Å². The number of ether oxygens (including phenoxy) is 1. The number of aromatic nitrogens is 1. The molecule has 0 aliphatic carbocycles. The maximum absolute atomic E-state index is 13.6. The highest BCUT2D eigenvalue weighted by molar-refractivity contribution is 6.31. The molecule has 1 atom stereocenters. The number of fused-ring (bicyclic) bond motifs is 2. The number of anilines is 1. The van der Waals surface area contributed by atoms with Crippen molar-refractivity contribution in [3.63, 3.8) is 0 Å². The molecule has 0 N–H and O–H groups in total. The summed E-state index contributed by atoms with van der Waals surface area (Å²) in [5.74, 6) is 0.486. The Morgan fingerprint density at radius 3 is 2.52 bits per heavy atom. The van der Waals surface area contributed by atoms with E-state index in [1.165, 1.54) is 11.1 Å². The maximum atomic E-state index is 13.6. The number of benzene rings is 2. The number of amides is 1. The number of nitrogens with zero attached hydrogens (tertiary/aromatic N) is 2. The quantitative estimate of drug-likeness (QED) is 0.338. The smallest absolute Gasteiger partial charge is 0.296 e. The van der Waals surface area contributed by atoms with E-state index in [0.29, 0.717) is 39.2 Å². The van der Waals surface area contributed by atoms with Crippen LogP contribution in [0.1, 0.15) is 27.7 Å². The molecule has 4 aromatic rings. The van der Waals surface area contributed by atoms with E-state index in [1.807, 2.05) is 0 Å². The second kappa shape index (κ2) is 8.39. The van der Waals surface area contributed by atoms with Crippen molar-refractivity contribution in [2.24, 2.45) is 0 Å². The Kier molecular flexibility index (Phi) is 5.40. The first-order valence-electron chi connectivity index (χ1n) is 10.0. The Labute approximate surface area is 198 Å². The largest absolute Gasteiger partial charge is 0.490 e. The van der Waals surface area contributed by atoms with Crippen LogP contribution in [-0.4, -0.2) is 17.5 Å². The van der Waals surface area contributed by atoms with E-state index in [1.54, 1.807) is 60.7 Å². The van der Waals surface area contributed by atoms with Crippen LogP contribution in [0.15, 0.2) is 82.7 Å². The van der Waals surface area contributed by atoms with Crippen LogP contribution < -0.4 is 15.1 Å². The van der Waals surface area contributed by atoms with Gasteiger partial charge in [0.1, 0.15) is 23.8 Å². The molecule has 0 fully saturated rings. The second-order valence-corrected chi connectivity index (χ2v) is 8.27. The summed E-state index contributed by atoms with van der Waals surface area (Å²) in [6.45, 7) is 4.00. The van der Waals surface area contributed by atoms with Crippen molar-refractivity contribution in [2.45, 2.75) is 6.04 Å². The van der Waals surface area contributed by atoms with Crippen molar-refractivity contribution in [3.05, 3.63) is 111 Å². The summed E-state index contributed by atoms with van der Waals surface area (Å²) < 4.78 is 11.5. The van der Waals surface area contributed by atoms with E-state index >= 15 is 0 Å². The van der Waals surface area contributed by atoms with Crippen LogP contribution in [0, 0.1) is 0 Å². The molecule has 164 valence electrons. The van der Waals surface area contributed by atoms with E-state index in [0.717, 1.165) is 0 Å². The zero-order valence-electron chi connectivity index (χ0n) is 17.1. The van der Waals surface area contributed by atoms with Crippen LogP contribution in [0.25, 0.3) is 11.0 Å². The van der Waals surface area contributed by atoms with Crippen LogP contribution in [0.4, 0.5) is 5.82 Å². The summed E-state index contributed by atoms with van der Waals surface area (Å²) in [7, 11) is 0. The van der Waals surface area contributed by atoms with Crippen molar-refractivity contribution in [1.82, 2.24) is 4.98 Å². The van der Waals surface area contributed by atoms with Gasteiger partial charge < -0.3 is 9.15 Å². The predicted molar refractivity (Wildman–Crippen MR) is 128 cm³/mol. The highest BCUT2D eigenvalue weighted by atomic mass is 35.5. The number of hydrogen-bond acceptors (Lipinski definition) is 5. The lowest BCUT2D eigenvalue weighted by molar-refractivity contribution is 0.0970. The van der Waals surface area contributed by atoms with Gasteiger partial charge in [0.15, 0.2) is 5.43 Å². The molecule has 1 unspecified atom stereocenters. The first kappa shape index (κ1) is 21.2. The van der Waals surface area contributed by atoms with Gasteiger partial charge in [-0.1, -0.05) is 48.0 Å². The molecule has 1 aliphatic heterocycles. The van der Waals surface area contributed by atoms with Crippen LogP contribution >= 0.6 is 23.2 Å². The topological polar surface area (TPSA) is 72.6 Å². The van der Waals surface area contributed by atoms with Gasteiger partial charge in [0.2, 0.25) is 5.76 Å². The summed E-state index contributed by atoms with van der Waals surface area (Å²) in [6.07, 6.45) is 3.09. The molecule has 33 heavy (non-hydrogen) atoms. The molecular weight excluding hydrogens is 463 g/mol. The highest BCUT2D eigenvalue weighted by Gasteiger charge is 2.44. The molecule has 2 aromatic carbocycles. The fraction of sp³-hybridized carbons (Fsp3) is 0.0800. The minimum absolute atomic E-state index is 0.0245. The number of carbonyl (C=O) groups is 1. The van der Waals surface area contributed by atoms with E-state index in [9.17, 15) is 9.59 Å². The first-order valence-corrected chi connectivity index (χ1v) is 10.8. The molecule has 0 bridgehead atoms. The third kappa shape index (κ3) is 3.67. The molecule has 1 aliphatic rings. The summed E-state index contributed by atoms with van der Waals surface area (Å²) in [6, 6.07) is 14.4. The Hall–Kier alpha value is -3.61. The van der Waals surface area contributed by atoms with Gasteiger partial charge in [0.05, 0.1) is 22.0 Å². The number of carbonyl (C=O) groups excluding carboxylic acids is 1. The molecule has 0 spiro atoms. The summed E-state index contributed by atoms with van der Waals surface area (Å²) in [5, 5.41) is 1.13. The highest BCUT2D eigenvalue weighted by Crippen LogP contribution is 2.41. The Morgan fingerprint density at radius 2 is 1.82 bits per heavy atom. The average Bonchev–Trinajstić information content (AvgIpc) is 3.11. The van der Waals surface area contributed by atoms with Gasteiger partial charge in [-0.25, -0.2) is 4.98 Å². The molecular formula is C25H16Cl2N2O4. The molecule has 0 saturated heterocycles. The Balaban J connectivity index is 1.72. The third-order valence-corrected chi connectivity index (χ3v) is 5.81. The van der Waals surface area contributed by atoms with Gasteiger partial charge in [-0.2, -0.15) is 0 Å². The first-order chi connectivity index (χ1) is 16.0. The molecule has 0 radical (unpaired) electrons. The average molecular weight is 479 g/mol. The van der Waals surface area contributed by atoms with E-state index in [-0.39, 0.29) is 22.3 Å². The molecule has 2 aromatic heterocycles. The molecule has 8 heteroatoms. The van der Waals surface area contributed by atoms with Crippen LogP contribution in [0.2, 0.25) is 10.0 Å². The number of pyridine rings is 1. The SMILES string of the molecule is C=CCOc1ccc(C2c3c(oc4ccc(Cl)cc4c3=O)C(=O)N2c2ccc(Cl)cn2)cc1. The van der Waals surface area contributed by atoms with Gasteiger partial charge >= 0.3 is 0 Å². The molecule has 6 nitrogen and oxygen atoms in total. The molecule has 0 saturated carbocycles. The predicted octanol–water partition coefficient (Wildman–Crippen LogP) is 5.81. The summed E-state index contributed by atoms with van der Waals surface area (Å²) in [5.41, 5.74) is 0.884. The van der Waals surface area contributed by atoms with Gasteiger partial charge in [-0.05, 0) is 48.0 Å². The normalized spacial score (nSPS) is 15.0. The molecule has 3 heterocycles. The van der Waals surface area contributed by atoms with Crippen LogP contribution in [0.5, 0.6) is 5.75 Å². The van der Waals surface area contributed by atoms with Crippen LogP contribution in [0.3, 0.4) is 0 Å². The molecule has 5 rings (SSSR count). The Morgan fingerprint density at radius 1 is 1.06 bits per heavy atom. The monoisotopic (exact) mass is 478 g/mol. The van der Waals surface area contributed by atoms with Gasteiger partial charge in [0.25, 0.3) is 5.91 Å². The van der Waals surface area contributed by atoms with Gasteiger partial charge in [-0.15, -0.1) is 0 Å². The van der Waals surface area contributed by atoms with Crippen molar-refractivity contribution in [3.8, 4) is 5.75 Å². The molecule has 1 amide bonds. The summed E-state index contributed by atoms with van der Waals surface area (Å²) >= 11 is 12.1. The minimum atomic E-state index is -0.755. The number of halogens is 2. The van der Waals surface area contributed by atoms with Crippen molar-refractivity contribution in [2.75, 3.05) is 11.5 Å². The minimum Gasteiger partial charge on any atom is -0.490 e. The van der Waals surface area contributed by atoms with Gasteiger partial charge in [0, 0.05) is 11.2 Å². The maximum Gasteiger partial charge on any atom is 0.296 e.